The molecule has 0 spiro atoms. The van der Waals surface area contributed by atoms with Gasteiger partial charge >= 0.3 is 0 Å². The second kappa shape index (κ2) is 11.1. The van der Waals surface area contributed by atoms with Gasteiger partial charge in [-0.05, 0) is 37.5 Å². The van der Waals surface area contributed by atoms with Crippen LogP contribution in [0.2, 0.25) is 0 Å². The van der Waals surface area contributed by atoms with Crippen molar-refractivity contribution in [2.75, 3.05) is 26.7 Å². The Bertz CT molecular complexity index is 630. The van der Waals surface area contributed by atoms with Gasteiger partial charge in [-0.25, -0.2) is 0 Å². The van der Waals surface area contributed by atoms with Gasteiger partial charge in [-0.15, -0.1) is 0 Å². The molecule has 1 aliphatic rings. The molecule has 2 atom stereocenters. The Morgan fingerprint density at radius 3 is 2.29 bits per heavy atom. The third-order valence-corrected chi connectivity index (χ3v) is 5.30. The van der Waals surface area contributed by atoms with E-state index in [0.717, 1.165) is 36.5 Å². The zero-order valence-electron chi connectivity index (χ0n) is 18.0. The van der Waals surface area contributed by atoms with Gasteiger partial charge in [-0.1, -0.05) is 38.8 Å². The monoisotopic (exact) mass is 388 g/mol. The number of morpholine rings is 1. The molecule has 2 rings (SSSR count). The van der Waals surface area contributed by atoms with Crippen LogP contribution in [0.25, 0.3) is 0 Å². The van der Waals surface area contributed by atoms with Crippen LogP contribution >= 0.6 is 0 Å². The van der Waals surface area contributed by atoms with Gasteiger partial charge in [0.1, 0.15) is 0 Å². The quantitative estimate of drug-likeness (QED) is 0.557. The lowest BCUT2D eigenvalue weighted by atomic mass is 10.0. The van der Waals surface area contributed by atoms with Crippen molar-refractivity contribution in [1.29, 1.82) is 0 Å². The van der Waals surface area contributed by atoms with E-state index in [1.807, 2.05) is 43.0 Å². The normalized spacial score (nSPS) is 20.4. The summed E-state index contributed by atoms with van der Waals surface area (Å²) < 4.78 is 5.72. The number of guanidine groups is 1. The first kappa shape index (κ1) is 22.2. The summed E-state index contributed by atoms with van der Waals surface area (Å²) in [5, 5.41) is 6.73. The maximum absolute atomic E-state index is 12.7. The summed E-state index contributed by atoms with van der Waals surface area (Å²) in [6.07, 6.45) is 2.48. The minimum Gasteiger partial charge on any atom is -0.372 e. The standard InChI is InChI=1S/C22H36N4O2/c1-6-18(7-2)12-24-22(23-5)25-13-19-8-10-20(11-9-19)21(27)26-14-16(3)28-17(4)15-26/h8-11,16-18H,6-7,12-15H2,1-5H3,(H2,23,24,25). The van der Waals surface area contributed by atoms with E-state index in [1.54, 1.807) is 7.05 Å². The van der Waals surface area contributed by atoms with Gasteiger partial charge in [-0.3, -0.25) is 9.79 Å². The number of rotatable bonds is 7. The van der Waals surface area contributed by atoms with Crippen LogP contribution < -0.4 is 10.6 Å². The lowest BCUT2D eigenvalue weighted by molar-refractivity contribution is -0.0586. The molecule has 0 aromatic heterocycles. The minimum atomic E-state index is 0.0733. The molecule has 1 saturated heterocycles. The number of nitrogens with one attached hydrogen (secondary N) is 2. The highest BCUT2D eigenvalue weighted by Crippen LogP contribution is 2.15. The van der Waals surface area contributed by atoms with Gasteiger partial charge in [0, 0.05) is 38.8 Å². The topological polar surface area (TPSA) is 66.0 Å². The lowest BCUT2D eigenvalue weighted by Crippen LogP contribution is -2.48. The summed E-state index contributed by atoms with van der Waals surface area (Å²) in [6, 6.07) is 7.82. The number of hydrogen-bond donors (Lipinski definition) is 2. The Morgan fingerprint density at radius 1 is 1.14 bits per heavy atom. The van der Waals surface area contributed by atoms with E-state index in [9.17, 15) is 4.79 Å². The van der Waals surface area contributed by atoms with Crippen LogP contribution in [-0.2, 0) is 11.3 Å². The van der Waals surface area contributed by atoms with Gasteiger partial charge in [-0.2, -0.15) is 0 Å². The highest BCUT2D eigenvalue weighted by molar-refractivity contribution is 5.94. The molecule has 28 heavy (non-hydrogen) atoms. The van der Waals surface area contributed by atoms with E-state index >= 15 is 0 Å². The van der Waals surface area contributed by atoms with E-state index in [-0.39, 0.29) is 18.1 Å². The van der Waals surface area contributed by atoms with Gasteiger partial charge in [0.25, 0.3) is 5.91 Å². The molecule has 2 unspecified atom stereocenters. The molecule has 6 heteroatoms. The van der Waals surface area contributed by atoms with Crippen molar-refractivity contribution in [2.45, 2.75) is 59.3 Å². The summed E-state index contributed by atoms with van der Waals surface area (Å²) in [6.45, 7) is 11.3. The third kappa shape index (κ3) is 6.51. The molecule has 1 aromatic carbocycles. The van der Waals surface area contributed by atoms with Crippen LogP contribution in [0.3, 0.4) is 0 Å². The molecule has 1 heterocycles. The molecule has 1 aliphatic heterocycles. The van der Waals surface area contributed by atoms with Crippen LogP contribution in [0.1, 0.15) is 56.5 Å². The summed E-state index contributed by atoms with van der Waals surface area (Å²) in [5.74, 6) is 1.54. The number of benzene rings is 1. The first-order valence-electron chi connectivity index (χ1n) is 10.4. The predicted molar refractivity (Wildman–Crippen MR) is 115 cm³/mol. The zero-order chi connectivity index (χ0) is 20.5. The number of aliphatic imine (C=N–C) groups is 1. The van der Waals surface area contributed by atoms with Crippen molar-refractivity contribution in [2.24, 2.45) is 10.9 Å². The Morgan fingerprint density at radius 2 is 1.75 bits per heavy atom. The lowest BCUT2D eigenvalue weighted by Gasteiger charge is -2.35. The maximum atomic E-state index is 12.7. The molecule has 2 N–H and O–H groups in total. The average Bonchev–Trinajstić information content (AvgIpc) is 2.70. The summed E-state index contributed by atoms with van der Waals surface area (Å²) >= 11 is 0. The number of ether oxygens (including phenoxy) is 1. The van der Waals surface area contributed by atoms with E-state index in [1.165, 1.54) is 0 Å². The number of carbonyl (C=O) groups is 1. The second-order valence-electron chi connectivity index (χ2n) is 7.65. The fourth-order valence-electron chi connectivity index (χ4n) is 3.52. The van der Waals surface area contributed by atoms with Crippen LogP contribution in [0, 0.1) is 5.92 Å². The number of nitrogens with zero attached hydrogens (tertiary/aromatic N) is 2. The van der Waals surface area contributed by atoms with E-state index in [2.05, 4.69) is 29.5 Å². The highest BCUT2D eigenvalue weighted by atomic mass is 16.5. The molecule has 156 valence electrons. The van der Waals surface area contributed by atoms with Crippen molar-refractivity contribution < 1.29 is 9.53 Å². The largest absolute Gasteiger partial charge is 0.372 e. The van der Waals surface area contributed by atoms with E-state index in [0.29, 0.717) is 25.6 Å². The first-order valence-corrected chi connectivity index (χ1v) is 10.4. The van der Waals surface area contributed by atoms with Crippen molar-refractivity contribution in [3.8, 4) is 0 Å². The zero-order valence-corrected chi connectivity index (χ0v) is 18.0. The SMILES string of the molecule is CCC(CC)CNC(=NC)NCc1ccc(C(=O)N2CC(C)OC(C)C2)cc1. The Balaban J connectivity index is 1.87. The third-order valence-electron chi connectivity index (χ3n) is 5.30. The van der Waals surface area contributed by atoms with Crippen LogP contribution in [0.15, 0.2) is 29.3 Å². The Hall–Kier alpha value is -2.08. The number of amides is 1. The first-order chi connectivity index (χ1) is 13.5. The molecular weight excluding hydrogens is 352 g/mol. The fourth-order valence-corrected chi connectivity index (χ4v) is 3.52. The van der Waals surface area contributed by atoms with Gasteiger partial charge in [0.05, 0.1) is 12.2 Å². The molecule has 1 amide bonds. The molecule has 1 fully saturated rings. The van der Waals surface area contributed by atoms with Gasteiger partial charge in [0.15, 0.2) is 5.96 Å². The average molecular weight is 389 g/mol. The molecule has 6 nitrogen and oxygen atoms in total. The van der Waals surface area contributed by atoms with Crippen molar-refractivity contribution in [1.82, 2.24) is 15.5 Å². The molecule has 0 bridgehead atoms. The van der Waals surface area contributed by atoms with Gasteiger partial charge in [0.2, 0.25) is 0 Å². The second-order valence-corrected chi connectivity index (χ2v) is 7.65. The molecule has 0 radical (unpaired) electrons. The summed E-state index contributed by atoms with van der Waals surface area (Å²) in [4.78, 5) is 18.9. The maximum Gasteiger partial charge on any atom is 0.254 e. The van der Waals surface area contributed by atoms with Crippen LogP contribution in [-0.4, -0.2) is 55.7 Å². The number of hydrogen-bond acceptors (Lipinski definition) is 3. The Labute approximate surface area is 169 Å². The van der Waals surface area contributed by atoms with Crippen molar-refractivity contribution >= 4 is 11.9 Å². The molecular formula is C22H36N4O2. The Kier molecular flexibility index (Phi) is 8.77. The summed E-state index contributed by atoms with van der Waals surface area (Å²) in [5.41, 5.74) is 1.84. The van der Waals surface area contributed by atoms with Gasteiger partial charge < -0.3 is 20.3 Å². The van der Waals surface area contributed by atoms with E-state index in [4.69, 9.17) is 4.74 Å². The smallest absolute Gasteiger partial charge is 0.254 e. The predicted octanol–water partition coefficient (Wildman–Crippen LogP) is 3.04. The van der Waals surface area contributed by atoms with Crippen molar-refractivity contribution in [3.05, 3.63) is 35.4 Å². The van der Waals surface area contributed by atoms with Crippen LogP contribution in [0.4, 0.5) is 0 Å². The molecule has 1 aromatic rings. The summed E-state index contributed by atoms with van der Waals surface area (Å²) in [7, 11) is 1.79. The van der Waals surface area contributed by atoms with Crippen molar-refractivity contribution in [3.63, 3.8) is 0 Å². The minimum absolute atomic E-state index is 0.0733. The van der Waals surface area contributed by atoms with E-state index < -0.39 is 0 Å². The van der Waals surface area contributed by atoms with Crippen LogP contribution in [0.5, 0.6) is 0 Å². The molecule has 0 aliphatic carbocycles. The fraction of sp³-hybridized carbons (Fsp3) is 0.636. The highest BCUT2D eigenvalue weighted by Gasteiger charge is 2.26. The molecule has 0 saturated carbocycles. The number of carbonyl (C=O) groups excluding carboxylic acids is 1.